The smallest absolute Gasteiger partial charge is 0.272 e. The van der Waals surface area contributed by atoms with Crippen molar-refractivity contribution >= 4 is 52.0 Å². The van der Waals surface area contributed by atoms with Crippen molar-refractivity contribution in [2.75, 3.05) is 0 Å². The average Bonchev–Trinajstić information content (AvgIpc) is 2.85. The van der Waals surface area contributed by atoms with Crippen LogP contribution in [-0.4, -0.2) is 28.2 Å². The molecule has 0 aliphatic carbocycles. The number of hydrogen-bond acceptors (Lipinski definition) is 5. The molecular formula is C24H17Cl2N5O3. The maximum Gasteiger partial charge on any atom is 0.272 e. The SMILES string of the molecule is O=C(N[C@H](C(=O)N/N=C/c1ccc(Cl)cc1Cl)c1n[nH]c(=O)c2ccccc12)c1ccccc1. The third-order valence-corrected chi connectivity index (χ3v) is 5.48. The molecule has 1 aromatic heterocycles. The van der Waals surface area contributed by atoms with Gasteiger partial charge in [0.1, 0.15) is 5.69 Å². The van der Waals surface area contributed by atoms with E-state index in [0.717, 1.165) is 0 Å². The second kappa shape index (κ2) is 10.3. The van der Waals surface area contributed by atoms with E-state index in [2.05, 4.69) is 26.0 Å². The fourth-order valence-corrected chi connectivity index (χ4v) is 3.71. The number of nitrogens with one attached hydrogen (secondary N) is 3. The van der Waals surface area contributed by atoms with Crippen LogP contribution < -0.4 is 16.3 Å². The second-order valence-corrected chi connectivity index (χ2v) is 8.00. The number of fused-ring (bicyclic) bond motifs is 1. The van der Waals surface area contributed by atoms with Crippen molar-refractivity contribution in [2.45, 2.75) is 6.04 Å². The number of halogens is 2. The molecule has 0 aliphatic heterocycles. The molecular weight excluding hydrogens is 477 g/mol. The van der Waals surface area contributed by atoms with Crippen molar-refractivity contribution in [2.24, 2.45) is 5.10 Å². The van der Waals surface area contributed by atoms with Gasteiger partial charge in [0.05, 0.1) is 16.6 Å². The predicted octanol–water partition coefficient (Wildman–Crippen LogP) is 3.85. The number of nitrogens with zero attached hydrogens (tertiary/aromatic N) is 2. The van der Waals surface area contributed by atoms with E-state index in [1.165, 1.54) is 6.21 Å². The molecule has 1 atom stereocenters. The van der Waals surface area contributed by atoms with Crippen LogP contribution in [-0.2, 0) is 4.79 Å². The Bertz CT molecular complexity index is 1450. The zero-order valence-electron chi connectivity index (χ0n) is 17.5. The van der Waals surface area contributed by atoms with Crippen LogP contribution >= 0.6 is 23.2 Å². The molecule has 4 rings (SSSR count). The summed E-state index contributed by atoms with van der Waals surface area (Å²) >= 11 is 12.0. The van der Waals surface area contributed by atoms with Gasteiger partial charge in [0, 0.05) is 21.5 Å². The Morgan fingerprint density at radius 1 is 0.971 bits per heavy atom. The molecule has 4 aromatic rings. The monoisotopic (exact) mass is 493 g/mol. The van der Waals surface area contributed by atoms with E-state index in [-0.39, 0.29) is 5.69 Å². The number of carbonyl (C=O) groups is 2. The van der Waals surface area contributed by atoms with Gasteiger partial charge in [-0.15, -0.1) is 0 Å². The highest BCUT2D eigenvalue weighted by atomic mass is 35.5. The quantitative estimate of drug-likeness (QED) is 0.279. The molecule has 1 heterocycles. The first-order valence-electron chi connectivity index (χ1n) is 10.1. The van der Waals surface area contributed by atoms with Gasteiger partial charge in [-0.25, -0.2) is 10.5 Å². The van der Waals surface area contributed by atoms with Crippen LogP contribution in [0.15, 0.2) is 82.7 Å². The molecule has 8 nitrogen and oxygen atoms in total. The van der Waals surface area contributed by atoms with Gasteiger partial charge in [0.25, 0.3) is 17.4 Å². The van der Waals surface area contributed by atoms with Crippen LogP contribution in [0.3, 0.4) is 0 Å². The largest absolute Gasteiger partial charge is 0.335 e. The van der Waals surface area contributed by atoms with Crippen LogP contribution in [0, 0.1) is 0 Å². The van der Waals surface area contributed by atoms with Crippen molar-refractivity contribution in [1.82, 2.24) is 20.9 Å². The third-order valence-electron chi connectivity index (χ3n) is 4.91. The number of hydrazone groups is 1. The van der Waals surface area contributed by atoms with Crippen LogP contribution in [0.1, 0.15) is 27.7 Å². The fourth-order valence-electron chi connectivity index (χ4n) is 3.25. The molecule has 170 valence electrons. The van der Waals surface area contributed by atoms with Gasteiger partial charge in [-0.1, -0.05) is 65.7 Å². The molecule has 0 unspecified atom stereocenters. The standard InChI is InChI=1S/C24H17Cl2N5O3/c25-16-11-10-15(19(26)12-16)13-27-30-24(34)21(28-22(32)14-6-2-1-3-7-14)20-17-8-4-5-9-18(17)23(33)31-29-20/h1-13,21H,(H,28,32)(H,30,34)(H,31,33)/b27-13+/t21-/m0/s1. The Labute approximate surface area is 203 Å². The molecule has 3 aromatic carbocycles. The summed E-state index contributed by atoms with van der Waals surface area (Å²) in [5.74, 6) is -1.17. The van der Waals surface area contributed by atoms with Crippen LogP contribution in [0.4, 0.5) is 0 Å². The van der Waals surface area contributed by atoms with Gasteiger partial charge in [-0.3, -0.25) is 14.4 Å². The number of hydrogen-bond donors (Lipinski definition) is 3. The molecule has 0 spiro atoms. The highest BCUT2D eigenvalue weighted by Crippen LogP contribution is 2.21. The Hall–Kier alpha value is -4.01. The topological polar surface area (TPSA) is 116 Å². The first-order chi connectivity index (χ1) is 16.4. The summed E-state index contributed by atoms with van der Waals surface area (Å²) in [5, 5.41) is 14.6. The molecule has 0 bridgehead atoms. The summed E-state index contributed by atoms with van der Waals surface area (Å²) in [5.41, 5.74) is 3.03. The van der Waals surface area contributed by atoms with Gasteiger partial charge in [0.15, 0.2) is 6.04 Å². The van der Waals surface area contributed by atoms with Crippen molar-refractivity contribution in [3.05, 3.63) is 110 Å². The molecule has 10 heteroatoms. The molecule has 34 heavy (non-hydrogen) atoms. The number of rotatable bonds is 6. The summed E-state index contributed by atoms with van der Waals surface area (Å²) in [6.45, 7) is 0. The number of aromatic nitrogens is 2. The Kier molecular flexibility index (Phi) is 7.01. The highest BCUT2D eigenvalue weighted by Gasteiger charge is 2.27. The fraction of sp³-hybridized carbons (Fsp3) is 0.0417. The lowest BCUT2D eigenvalue weighted by molar-refractivity contribution is -0.123. The van der Waals surface area contributed by atoms with Crippen molar-refractivity contribution in [3.8, 4) is 0 Å². The van der Waals surface area contributed by atoms with Gasteiger partial charge in [-0.05, 0) is 30.3 Å². The maximum atomic E-state index is 13.1. The molecule has 3 N–H and O–H groups in total. The van der Waals surface area contributed by atoms with Crippen molar-refractivity contribution < 1.29 is 9.59 Å². The minimum atomic E-state index is -1.26. The first kappa shape index (κ1) is 23.2. The molecule has 0 saturated heterocycles. The number of benzene rings is 3. The predicted molar refractivity (Wildman–Crippen MR) is 131 cm³/mol. The molecule has 0 radical (unpaired) electrons. The van der Waals surface area contributed by atoms with Crippen LogP contribution in [0.2, 0.25) is 10.0 Å². The number of amides is 2. The molecule has 0 fully saturated rings. The van der Waals surface area contributed by atoms with E-state index in [4.69, 9.17) is 23.2 Å². The Morgan fingerprint density at radius 2 is 1.68 bits per heavy atom. The second-order valence-electron chi connectivity index (χ2n) is 7.16. The zero-order chi connectivity index (χ0) is 24.1. The van der Waals surface area contributed by atoms with E-state index in [1.807, 2.05) is 0 Å². The third kappa shape index (κ3) is 5.14. The zero-order valence-corrected chi connectivity index (χ0v) is 19.0. The Morgan fingerprint density at radius 3 is 2.41 bits per heavy atom. The van der Waals surface area contributed by atoms with Crippen molar-refractivity contribution in [3.63, 3.8) is 0 Å². The van der Waals surface area contributed by atoms with Crippen LogP contribution in [0.5, 0.6) is 0 Å². The molecule has 2 amide bonds. The van der Waals surface area contributed by atoms with Gasteiger partial charge >= 0.3 is 0 Å². The summed E-state index contributed by atoms with van der Waals surface area (Å²) in [7, 11) is 0. The highest BCUT2D eigenvalue weighted by molar-refractivity contribution is 6.36. The van der Waals surface area contributed by atoms with E-state index in [0.29, 0.717) is 31.9 Å². The summed E-state index contributed by atoms with van der Waals surface area (Å²) < 4.78 is 0. The molecule has 0 aliphatic rings. The summed E-state index contributed by atoms with van der Waals surface area (Å²) in [4.78, 5) is 38.2. The number of aromatic amines is 1. The maximum absolute atomic E-state index is 13.1. The lowest BCUT2D eigenvalue weighted by Crippen LogP contribution is -2.40. The lowest BCUT2D eigenvalue weighted by Gasteiger charge is -2.18. The minimum Gasteiger partial charge on any atom is -0.335 e. The summed E-state index contributed by atoms with van der Waals surface area (Å²) in [6.07, 6.45) is 1.35. The molecule has 0 saturated carbocycles. The van der Waals surface area contributed by atoms with Gasteiger partial charge < -0.3 is 5.32 Å². The normalized spacial score (nSPS) is 11.9. The first-order valence-corrected chi connectivity index (χ1v) is 10.8. The van der Waals surface area contributed by atoms with E-state index in [1.54, 1.807) is 72.8 Å². The Balaban J connectivity index is 1.67. The van der Waals surface area contributed by atoms with E-state index in [9.17, 15) is 14.4 Å². The minimum absolute atomic E-state index is 0.164. The van der Waals surface area contributed by atoms with Gasteiger partial charge in [-0.2, -0.15) is 10.2 Å². The number of carbonyl (C=O) groups excluding carboxylic acids is 2. The van der Waals surface area contributed by atoms with Crippen molar-refractivity contribution in [1.29, 1.82) is 0 Å². The average molecular weight is 494 g/mol. The van der Waals surface area contributed by atoms with Crippen LogP contribution in [0.25, 0.3) is 10.8 Å². The van der Waals surface area contributed by atoms with E-state index >= 15 is 0 Å². The number of H-pyrrole nitrogens is 1. The van der Waals surface area contributed by atoms with E-state index < -0.39 is 23.4 Å². The van der Waals surface area contributed by atoms with Gasteiger partial charge in [0.2, 0.25) is 0 Å². The summed E-state index contributed by atoms with van der Waals surface area (Å²) in [6, 6.07) is 18.6. The lowest BCUT2D eigenvalue weighted by atomic mass is 10.0.